The molecule has 2 heterocycles. The molecule has 1 amide bonds. The lowest BCUT2D eigenvalue weighted by Crippen LogP contribution is -2.36. The summed E-state index contributed by atoms with van der Waals surface area (Å²) in [5.41, 5.74) is 2.29. The van der Waals surface area contributed by atoms with E-state index in [2.05, 4.69) is 10.1 Å². The number of carbonyl (C=O) groups excluding carboxylic acids is 1. The van der Waals surface area contributed by atoms with Crippen molar-refractivity contribution >= 4 is 11.9 Å². The molecule has 1 aliphatic heterocycles. The Labute approximate surface area is 139 Å². The van der Waals surface area contributed by atoms with E-state index in [1.54, 1.807) is 24.0 Å². The predicted molar refractivity (Wildman–Crippen MR) is 84.5 cm³/mol. The van der Waals surface area contributed by atoms with E-state index < -0.39 is 5.97 Å². The van der Waals surface area contributed by atoms with Crippen LogP contribution in [-0.4, -0.2) is 38.6 Å². The second kappa shape index (κ2) is 6.82. The van der Waals surface area contributed by atoms with Crippen molar-refractivity contribution in [1.29, 1.82) is 0 Å². The van der Waals surface area contributed by atoms with Gasteiger partial charge in [-0.2, -0.15) is 4.98 Å². The van der Waals surface area contributed by atoms with E-state index >= 15 is 0 Å². The Morgan fingerprint density at radius 2 is 2.17 bits per heavy atom. The predicted octanol–water partition coefficient (Wildman–Crippen LogP) is 1.98. The summed E-state index contributed by atoms with van der Waals surface area (Å²) in [6.45, 7) is 2.89. The van der Waals surface area contributed by atoms with Gasteiger partial charge in [0.15, 0.2) is 5.82 Å². The monoisotopic (exact) mass is 329 g/mol. The van der Waals surface area contributed by atoms with Crippen molar-refractivity contribution in [3.63, 3.8) is 0 Å². The van der Waals surface area contributed by atoms with Crippen LogP contribution in [0.15, 0.2) is 22.7 Å². The molecule has 0 fully saturated rings. The molecule has 0 spiro atoms. The molecule has 0 radical (unpaired) electrons. The van der Waals surface area contributed by atoms with Crippen molar-refractivity contribution in [2.45, 2.75) is 39.2 Å². The number of rotatable bonds is 5. The number of nitrogens with zero attached hydrogens (tertiary/aromatic N) is 3. The fraction of sp³-hybridized carbons (Fsp3) is 0.412. The van der Waals surface area contributed by atoms with Crippen molar-refractivity contribution in [2.24, 2.45) is 0 Å². The Morgan fingerprint density at radius 1 is 1.33 bits per heavy atom. The van der Waals surface area contributed by atoms with Gasteiger partial charge < -0.3 is 14.5 Å². The third-order valence-corrected chi connectivity index (χ3v) is 4.17. The van der Waals surface area contributed by atoms with E-state index in [0.29, 0.717) is 44.1 Å². The van der Waals surface area contributed by atoms with E-state index in [0.717, 1.165) is 17.5 Å². The van der Waals surface area contributed by atoms with Crippen LogP contribution in [-0.2, 0) is 24.2 Å². The van der Waals surface area contributed by atoms with Crippen LogP contribution in [0.2, 0.25) is 0 Å². The summed E-state index contributed by atoms with van der Waals surface area (Å²) in [7, 11) is 0. The summed E-state index contributed by atoms with van der Waals surface area (Å²) in [5.74, 6) is 0.266. The van der Waals surface area contributed by atoms with Gasteiger partial charge in [0.1, 0.15) is 0 Å². The van der Waals surface area contributed by atoms with Crippen molar-refractivity contribution < 1.29 is 19.2 Å². The Hall–Kier alpha value is -2.70. The fourth-order valence-corrected chi connectivity index (χ4v) is 2.89. The zero-order valence-corrected chi connectivity index (χ0v) is 13.5. The average Bonchev–Trinajstić information content (AvgIpc) is 2.99. The van der Waals surface area contributed by atoms with Gasteiger partial charge in [-0.25, -0.2) is 4.79 Å². The molecule has 0 bridgehead atoms. The first-order chi connectivity index (χ1) is 11.5. The highest BCUT2D eigenvalue weighted by atomic mass is 16.5. The number of aromatic carboxylic acids is 1. The van der Waals surface area contributed by atoms with Crippen molar-refractivity contribution in [1.82, 2.24) is 15.0 Å². The van der Waals surface area contributed by atoms with Gasteiger partial charge in [0.05, 0.1) is 5.56 Å². The first-order valence-corrected chi connectivity index (χ1v) is 7.95. The maximum Gasteiger partial charge on any atom is 0.335 e. The zero-order valence-electron chi connectivity index (χ0n) is 13.5. The molecular weight excluding hydrogens is 310 g/mol. The molecular formula is C17H19N3O4. The van der Waals surface area contributed by atoms with E-state index in [-0.39, 0.29) is 11.5 Å². The average molecular weight is 329 g/mol. The molecule has 7 heteroatoms. The zero-order chi connectivity index (χ0) is 17.1. The summed E-state index contributed by atoms with van der Waals surface area (Å²) in [5, 5.41) is 12.8. The molecule has 1 aliphatic rings. The second-order valence-corrected chi connectivity index (χ2v) is 5.94. The standard InChI is InChI=1S/C17H19N3O4/c1-11-18-15(24-19-11)3-2-4-16(21)20-8-7-12-5-6-13(17(22)23)9-14(12)10-20/h5-6,9H,2-4,7-8,10H2,1H3,(H,22,23). The van der Waals surface area contributed by atoms with Crippen LogP contribution < -0.4 is 0 Å². The van der Waals surface area contributed by atoms with Crippen LogP contribution in [0, 0.1) is 6.92 Å². The van der Waals surface area contributed by atoms with E-state index in [1.165, 1.54) is 0 Å². The Morgan fingerprint density at radius 3 is 2.88 bits per heavy atom. The Bertz CT molecular complexity index is 769. The molecule has 0 aliphatic carbocycles. The summed E-state index contributed by atoms with van der Waals surface area (Å²) in [6, 6.07) is 5.13. The van der Waals surface area contributed by atoms with Gasteiger partial charge in [-0.15, -0.1) is 0 Å². The highest BCUT2D eigenvalue weighted by molar-refractivity contribution is 5.88. The van der Waals surface area contributed by atoms with E-state index in [4.69, 9.17) is 9.63 Å². The number of carboxylic acid groups (broad SMARTS) is 1. The molecule has 2 aromatic rings. The first-order valence-electron chi connectivity index (χ1n) is 7.95. The van der Waals surface area contributed by atoms with Crippen LogP contribution >= 0.6 is 0 Å². The normalized spacial score (nSPS) is 13.6. The number of aryl methyl sites for hydroxylation is 2. The van der Waals surface area contributed by atoms with Crippen molar-refractivity contribution in [3.8, 4) is 0 Å². The summed E-state index contributed by atoms with van der Waals surface area (Å²) >= 11 is 0. The number of aromatic nitrogens is 2. The maximum absolute atomic E-state index is 12.4. The molecule has 0 saturated carbocycles. The highest BCUT2D eigenvalue weighted by Gasteiger charge is 2.21. The van der Waals surface area contributed by atoms with Gasteiger partial charge in [-0.3, -0.25) is 4.79 Å². The van der Waals surface area contributed by atoms with Crippen LogP contribution in [0.1, 0.15) is 46.0 Å². The number of amides is 1. The molecule has 24 heavy (non-hydrogen) atoms. The lowest BCUT2D eigenvalue weighted by Gasteiger charge is -2.29. The topological polar surface area (TPSA) is 96.5 Å². The molecule has 3 rings (SSSR count). The molecule has 1 aromatic carbocycles. The van der Waals surface area contributed by atoms with Gasteiger partial charge in [0, 0.05) is 25.9 Å². The number of benzene rings is 1. The third-order valence-electron chi connectivity index (χ3n) is 4.17. The third kappa shape index (κ3) is 3.61. The Balaban J connectivity index is 1.56. The number of carbonyl (C=O) groups is 2. The van der Waals surface area contributed by atoms with E-state index in [1.807, 2.05) is 6.07 Å². The number of hydrogen-bond donors (Lipinski definition) is 1. The van der Waals surface area contributed by atoms with Gasteiger partial charge in [0.25, 0.3) is 0 Å². The molecule has 126 valence electrons. The summed E-state index contributed by atoms with van der Waals surface area (Å²) in [4.78, 5) is 29.3. The molecule has 1 N–H and O–H groups in total. The molecule has 0 atom stereocenters. The lowest BCUT2D eigenvalue weighted by molar-refractivity contribution is -0.132. The minimum atomic E-state index is -0.948. The first kappa shape index (κ1) is 16.2. The minimum absolute atomic E-state index is 0.0672. The molecule has 1 aromatic heterocycles. The SMILES string of the molecule is Cc1noc(CCCC(=O)N2CCc3ccc(C(=O)O)cc3C2)n1. The summed E-state index contributed by atoms with van der Waals surface area (Å²) < 4.78 is 5.03. The minimum Gasteiger partial charge on any atom is -0.478 e. The highest BCUT2D eigenvalue weighted by Crippen LogP contribution is 2.21. The second-order valence-electron chi connectivity index (χ2n) is 5.94. The number of hydrogen-bond acceptors (Lipinski definition) is 5. The molecule has 0 saturated heterocycles. The van der Waals surface area contributed by atoms with Crippen LogP contribution in [0.5, 0.6) is 0 Å². The van der Waals surface area contributed by atoms with Crippen molar-refractivity contribution in [2.75, 3.05) is 6.54 Å². The molecule has 7 nitrogen and oxygen atoms in total. The Kier molecular flexibility index (Phi) is 4.59. The van der Waals surface area contributed by atoms with Crippen LogP contribution in [0.4, 0.5) is 0 Å². The van der Waals surface area contributed by atoms with E-state index in [9.17, 15) is 9.59 Å². The summed E-state index contributed by atoms with van der Waals surface area (Å²) in [6.07, 6.45) is 2.40. The van der Waals surface area contributed by atoms with Crippen LogP contribution in [0.3, 0.4) is 0 Å². The van der Waals surface area contributed by atoms with Crippen molar-refractivity contribution in [3.05, 3.63) is 46.6 Å². The number of carboxylic acids is 1. The fourth-order valence-electron chi connectivity index (χ4n) is 2.89. The van der Waals surface area contributed by atoms with Gasteiger partial charge in [0.2, 0.25) is 11.8 Å². The van der Waals surface area contributed by atoms with Gasteiger partial charge in [-0.1, -0.05) is 11.2 Å². The van der Waals surface area contributed by atoms with Gasteiger partial charge >= 0.3 is 5.97 Å². The quantitative estimate of drug-likeness (QED) is 0.901. The lowest BCUT2D eigenvalue weighted by atomic mass is 9.97. The molecule has 0 unspecified atom stereocenters. The van der Waals surface area contributed by atoms with Crippen LogP contribution in [0.25, 0.3) is 0 Å². The smallest absolute Gasteiger partial charge is 0.335 e. The van der Waals surface area contributed by atoms with Gasteiger partial charge in [-0.05, 0) is 43.0 Å². The largest absolute Gasteiger partial charge is 0.478 e. The number of fused-ring (bicyclic) bond motifs is 1. The maximum atomic E-state index is 12.4.